The van der Waals surface area contributed by atoms with Crippen LogP contribution in [-0.4, -0.2) is 43.6 Å². The standard InChI is InChI=1S/C31H34N2O5/c1-7-37-25-10-8-9-24(18-25)33-28(21-11-14-23(15-12-21)32(5)6)27(30(35)31(33)36)29(34)22-13-16-26(20(4)17-22)38-19(2)3/h8-19,28,34H,7H2,1-6H3/b29-27-. The molecule has 1 heterocycles. The molecule has 1 aliphatic heterocycles. The van der Waals surface area contributed by atoms with E-state index in [1.165, 1.54) is 4.90 Å². The maximum absolute atomic E-state index is 13.5. The molecule has 7 heteroatoms. The summed E-state index contributed by atoms with van der Waals surface area (Å²) >= 11 is 0. The molecule has 0 saturated carbocycles. The first-order valence-electron chi connectivity index (χ1n) is 12.7. The van der Waals surface area contributed by atoms with Gasteiger partial charge in [0.1, 0.15) is 17.3 Å². The summed E-state index contributed by atoms with van der Waals surface area (Å²) in [5.74, 6) is -0.400. The Hall–Kier alpha value is -4.26. The number of ketones is 1. The first kappa shape index (κ1) is 26.8. The Bertz CT molecular complexity index is 1380. The van der Waals surface area contributed by atoms with Crippen LogP contribution in [0.1, 0.15) is 43.5 Å². The summed E-state index contributed by atoms with van der Waals surface area (Å²) in [7, 11) is 3.88. The Morgan fingerprint density at radius 2 is 1.74 bits per heavy atom. The van der Waals surface area contributed by atoms with Crippen molar-refractivity contribution in [3.05, 3.63) is 89.0 Å². The fraction of sp³-hybridized carbons (Fsp3) is 0.290. The van der Waals surface area contributed by atoms with Gasteiger partial charge in [0, 0.05) is 37.1 Å². The number of ether oxygens (including phenoxy) is 2. The predicted molar refractivity (Wildman–Crippen MR) is 150 cm³/mol. The van der Waals surface area contributed by atoms with E-state index in [-0.39, 0.29) is 17.4 Å². The number of carbonyl (C=O) groups excluding carboxylic acids is 2. The van der Waals surface area contributed by atoms with E-state index in [1.807, 2.05) is 71.0 Å². The normalized spacial score (nSPS) is 16.7. The quantitative estimate of drug-likeness (QED) is 0.230. The zero-order chi connectivity index (χ0) is 27.6. The minimum Gasteiger partial charge on any atom is -0.507 e. The number of amides is 1. The van der Waals surface area contributed by atoms with Crippen molar-refractivity contribution in [1.82, 2.24) is 0 Å². The van der Waals surface area contributed by atoms with Gasteiger partial charge in [-0.25, -0.2) is 0 Å². The first-order valence-corrected chi connectivity index (χ1v) is 12.7. The lowest BCUT2D eigenvalue weighted by Crippen LogP contribution is -2.29. The number of aliphatic hydroxyl groups excluding tert-OH is 1. The van der Waals surface area contributed by atoms with Gasteiger partial charge in [-0.3, -0.25) is 14.5 Å². The highest BCUT2D eigenvalue weighted by Crippen LogP contribution is 2.43. The summed E-state index contributed by atoms with van der Waals surface area (Å²) in [6, 6.07) is 19.1. The van der Waals surface area contributed by atoms with E-state index in [0.717, 1.165) is 11.3 Å². The third kappa shape index (κ3) is 5.23. The van der Waals surface area contributed by atoms with Crippen molar-refractivity contribution in [2.24, 2.45) is 0 Å². The smallest absolute Gasteiger partial charge is 0.300 e. The van der Waals surface area contributed by atoms with Crippen molar-refractivity contribution >= 4 is 28.8 Å². The summed E-state index contributed by atoms with van der Waals surface area (Å²) in [4.78, 5) is 30.4. The molecule has 1 fully saturated rings. The highest BCUT2D eigenvalue weighted by molar-refractivity contribution is 6.51. The molecule has 0 bridgehead atoms. The van der Waals surface area contributed by atoms with Gasteiger partial charge in [0.25, 0.3) is 11.7 Å². The average molecular weight is 515 g/mol. The van der Waals surface area contributed by atoms with E-state index in [0.29, 0.717) is 34.9 Å². The number of hydrogen-bond donors (Lipinski definition) is 1. The third-order valence-corrected chi connectivity index (χ3v) is 6.39. The van der Waals surface area contributed by atoms with Crippen LogP contribution in [0.3, 0.4) is 0 Å². The van der Waals surface area contributed by atoms with Crippen LogP contribution in [0.15, 0.2) is 72.3 Å². The van der Waals surface area contributed by atoms with Gasteiger partial charge in [0.05, 0.1) is 24.3 Å². The largest absolute Gasteiger partial charge is 0.507 e. The number of nitrogens with zero attached hydrogens (tertiary/aromatic N) is 2. The summed E-state index contributed by atoms with van der Waals surface area (Å²) < 4.78 is 11.5. The zero-order valence-electron chi connectivity index (χ0n) is 22.7. The second-order valence-corrected chi connectivity index (χ2v) is 9.73. The summed E-state index contributed by atoms with van der Waals surface area (Å²) in [6.45, 7) is 8.11. The Morgan fingerprint density at radius 1 is 1.03 bits per heavy atom. The fourth-order valence-electron chi connectivity index (χ4n) is 4.60. The molecule has 3 aromatic rings. The van der Waals surface area contributed by atoms with Gasteiger partial charge in [-0.15, -0.1) is 0 Å². The summed E-state index contributed by atoms with van der Waals surface area (Å²) in [5, 5.41) is 11.5. The number of benzene rings is 3. The van der Waals surface area contributed by atoms with E-state index < -0.39 is 17.7 Å². The Balaban J connectivity index is 1.88. The molecule has 198 valence electrons. The molecule has 1 saturated heterocycles. The number of aliphatic hydroxyl groups is 1. The molecular formula is C31H34N2O5. The van der Waals surface area contributed by atoms with Gasteiger partial charge >= 0.3 is 0 Å². The molecule has 0 aromatic heterocycles. The van der Waals surface area contributed by atoms with Crippen molar-refractivity contribution in [1.29, 1.82) is 0 Å². The topological polar surface area (TPSA) is 79.3 Å². The number of anilines is 2. The minimum absolute atomic E-state index is 0.00365. The maximum Gasteiger partial charge on any atom is 0.300 e. The molecule has 1 amide bonds. The third-order valence-electron chi connectivity index (χ3n) is 6.39. The fourth-order valence-corrected chi connectivity index (χ4v) is 4.60. The Morgan fingerprint density at radius 3 is 2.34 bits per heavy atom. The van der Waals surface area contributed by atoms with E-state index in [4.69, 9.17) is 9.47 Å². The van der Waals surface area contributed by atoms with Crippen molar-refractivity contribution < 1.29 is 24.2 Å². The number of Topliss-reactive ketones (excluding diaryl/α,β-unsaturated/α-hetero) is 1. The van der Waals surface area contributed by atoms with E-state index in [2.05, 4.69) is 0 Å². The van der Waals surface area contributed by atoms with Gasteiger partial charge in [0.2, 0.25) is 0 Å². The lowest BCUT2D eigenvalue weighted by Gasteiger charge is -2.26. The van der Waals surface area contributed by atoms with Crippen LogP contribution in [0, 0.1) is 6.92 Å². The molecule has 7 nitrogen and oxygen atoms in total. The van der Waals surface area contributed by atoms with Crippen LogP contribution in [0.5, 0.6) is 11.5 Å². The van der Waals surface area contributed by atoms with Crippen LogP contribution in [0.2, 0.25) is 0 Å². The second kappa shape index (κ2) is 11.0. The maximum atomic E-state index is 13.5. The van der Waals surface area contributed by atoms with E-state index in [9.17, 15) is 14.7 Å². The number of rotatable bonds is 8. The van der Waals surface area contributed by atoms with Crippen molar-refractivity contribution in [3.63, 3.8) is 0 Å². The monoisotopic (exact) mass is 514 g/mol. The SMILES string of the molecule is CCOc1cccc(N2C(=O)C(=O)/C(=C(\O)c3ccc(OC(C)C)c(C)c3)C2c2ccc(N(C)C)cc2)c1. The molecule has 0 spiro atoms. The number of hydrogen-bond acceptors (Lipinski definition) is 6. The van der Waals surface area contributed by atoms with Gasteiger partial charge in [0.15, 0.2) is 0 Å². The second-order valence-electron chi connectivity index (χ2n) is 9.73. The molecule has 1 aliphatic rings. The first-order chi connectivity index (χ1) is 18.1. The predicted octanol–water partition coefficient (Wildman–Crippen LogP) is 5.87. The van der Waals surface area contributed by atoms with Crippen LogP contribution in [0.4, 0.5) is 11.4 Å². The lowest BCUT2D eigenvalue weighted by atomic mass is 9.94. The average Bonchev–Trinajstić information content (AvgIpc) is 3.15. The van der Waals surface area contributed by atoms with Gasteiger partial charge in [-0.05, 0) is 81.3 Å². The van der Waals surface area contributed by atoms with Crippen LogP contribution in [0.25, 0.3) is 5.76 Å². The summed E-state index contributed by atoms with van der Waals surface area (Å²) in [5.41, 5.74) is 3.47. The Kier molecular flexibility index (Phi) is 7.76. The van der Waals surface area contributed by atoms with Crippen molar-refractivity contribution in [3.8, 4) is 11.5 Å². The lowest BCUT2D eigenvalue weighted by molar-refractivity contribution is -0.132. The molecule has 38 heavy (non-hydrogen) atoms. The Labute approximate surface area is 223 Å². The minimum atomic E-state index is -0.824. The van der Waals surface area contributed by atoms with Crippen molar-refractivity contribution in [2.45, 2.75) is 39.8 Å². The molecule has 1 unspecified atom stereocenters. The van der Waals surface area contributed by atoms with E-state index in [1.54, 1.807) is 42.5 Å². The van der Waals surface area contributed by atoms with Gasteiger partial charge < -0.3 is 19.5 Å². The van der Waals surface area contributed by atoms with Gasteiger partial charge in [-0.1, -0.05) is 18.2 Å². The molecule has 0 aliphatic carbocycles. The highest BCUT2D eigenvalue weighted by atomic mass is 16.5. The van der Waals surface area contributed by atoms with Gasteiger partial charge in [-0.2, -0.15) is 0 Å². The molecule has 0 radical (unpaired) electrons. The highest BCUT2D eigenvalue weighted by Gasteiger charge is 2.47. The van der Waals surface area contributed by atoms with Crippen LogP contribution >= 0.6 is 0 Å². The zero-order valence-corrected chi connectivity index (χ0v) is 22.7. The van der Waals surface area contributed by atoms with Crippen molar-refractivity contribution in [2.75, 3.05) is 30.5 Å². The number of aryl methyl sites for hydroxylation is 1. The molecule has 3 aromatic carbocycles. The molecular weight excluding hydrogens is 480 g/mol. The summed E-state index contributed by atoms with van der Waals surface area (Å²) in [6.07, 6.45) is -0.00365. The molecule has 1 atom stereocenters. The molecule has 1 N–H and O–H groups in total. The van der Waals surface area contributed by atoms with E-state index >= 15 is 0 Å². The van der Waals surface area contributed by atoms with Crippen LogP contribution < -0.4 is 19.3 Å². The number of carbonyl (C=O) groups is 2. The van der Waals surface area contributed by atoms with Crippen LogP contribution in [-0.2, 0) is 9.59 Å². The molecule has 4 rings (SSSR count).